The van der Waals surface area contributed by atoms with Crippen LogP contribution in [0.1, 0.15) is 66.8 Å². The van der Waals surface area contributed by atoms with E-state index in [9.17, 15) is 10.0 Å². The molecule has 6 nitrogen and oxygen atoms in total. The zero-order chi connectivity index (χ0) is 80.9. The molecule has 18 aromatic carbocycles. The predicted molar refractivity (Wildman–Crippen MR) is 535 cm³/mol. The van der Waals surface area contributed by atoms with Gasteiger partial charge in [0.2, 0.25) is 20.1 Å². The van der Waals surface area contributed by atoms with Gasteiger partial charge in [-0.25, -0.2) is 0 Å². The summed E-state index contributed by atoms with van der Waals surface area (Å²) >= 11 is 7.29. The minimum atomic E-state index is -1.50. The Kier molecular flexibility index (Phi) is 19.3. The SMILES string of the molecule is C.C.C.ClB1c2ccccc2C2(c3ccccc31)c1ccccc1B1c3ccccc3N(c3ccccc3)c3cccc2c31.OB(O)c1cccc2c3ccccc3n(-c3ccccc3)c12.c1ccc(N2c3ccccc3B3c4ccccc4C4(c5ccccc5B(c5cccc6c7ccccc7n(-c7ccccc7)c56)c5ccccc54)c4cccc2c43)cc1. The lowest BCUT2D eigenvalue weighted by Crippen LogP contribution is -2.69. The molecule has 0 saturated heterocycles. The van der Waals surface area contributed by atoms with Crippen LogP contribution in [0.2, 0.25) is 0 Å². The summed E-state index contributed by atoms with van der Waals surface area (Å²) in [6, 6.07) is 159. The van der Waals surface area contributed by atoms with Gasteiger partial charge in [0.1, 0.15) is 0 Å². The van der Waals surface area contributed by atoms with E-state index in [4.69, 9.17) is 11.5 Å². The van der Waals surface area contributed by atoms with Crippen LogP contribution in [0, 0.1) is 0 Å². The molecule has 0 saturated carbocycles. The van der Waals surface area contributed by atoms with Crippen LogP contribution in [0.15, 0.2) is 437 Å². The van der Waals surface area contributed by atoms with Crippen molar-refractivity contribution in [2.75, 3.05) is 9.80 Å². The first kappa shape index (κ1) is 78.0. The molecule has 6 aliphatic rings. The highest BCUT2D eigenvalue weighted by molar-refractivity contribution is 7.22. The highest BCUT2D eigenvalue weighted by Gasteiger charge is 2.58. The Morgan fingerprint density at radius 3 is 0.904 bits per heavy atom. The topological polar surface area (TPSA) is 56.8 Å². The lowest BCUT2D eigenvalue weighted by molar-refractivity contribution is 0.426. The van der Waals surface area contributed by atoms with Crippen LogP contribution >= 0.6 is 11.5 Å². The second-order valence-corrected chi connectivity index (χ2v) is 33.3. The van der Waals surface area contributed by atoms with E-state index in [0.717, 1.165) is 27.5 Å². The minimum absolute atomic E-state index is 0. The van der Waals surface area contributed by atoms with Crippen molar-refractivity contribution in [1.82, 2.24) is 9.13 Å². The number of aromatic nitrogens is 2. The second kappa shape index (κ2) is 30.9. The van der Waals surface area contributed by atoms with Crippen LogP contribution in [-0.4, -0.2) is 52.6 Å². The van der Waals surface area contributed by atoms with E-state index in [1.165, 1.54) is 166 Å². The van der Waals surface area contributed by atoms with E-state index in [0.29, 0.717) is 5.46 Å². The van der Waals surface area contributed by atoms with Gasteiger partial charge in [0, 0.05) is 78.0 Å². The van der Waals surface area contributed by atoms with Crippen molar-refractivity contribution in [3.63, 3.8) is 0 Å². The molecule has 0 fully saturated rings. The van der Waals surface area contributed by atoms with Gasteiger partial charge in [-0.3, -0.25) is 0 Å². The molecule has 0 radical (unpaired) electrons. The van der Waals surface area contributed by atoms with Gasteiger partial charge < -0.3 is 29.0 Å². The van der Waals surface area contributed by atoms with Gasteiger partial charge in [0.25, 0.3) is 0 Å². The molecule has 2 aromatic heterocycles. The molecule has 0 atom stereocenters. The first-order valence-corrected chi connectivity index (χ1v) is 42.7. The average Bonchev–Trinajstić information content (AvgIpc) is 1.05. The Bertz CT molecular complexity index is 7510. The third-order valence-electron chi connectivity index (χ3n) is 27.1. The summed E-state index contributed by atoms with van der Waals surface area (Å²) in [5.74, 6) is 0. The van der Waals surface area contributed by atoms with Gasteiger partial charge in [-0.1, -0.05) is 407 Å². The van der Waals surface area contributed by atoms with Crippen molar-refractivity contribution in [2.45, 2.75) is 33.1 Å². The maximum Gasteiger partial charge on any atom is 0.490 e. The zero-order valence-corrected chi connectivity index (χ0v) is 67.3. The molecule has 0 aliphatic carbocycles. The lowest BCUT2D eigenvalue weighted by Gasteiger charge is -2.51. The fraction of sp³-hybridized carbons (Fsp3) is 0.0442. The number of rotatable bonds is 6. The van der Waals surface area contributed by atoms with E-state index >= 15 is 0 Å². The normalized spacial score (nSPS) is 13.6. The maximum absolute atomic E-state index is 9.76. The molecule has 26 rings (SSSR count). The molecule has 2 N–H and O–H groups in total. The van der Waals surface area contributed by atoms with Crippen molar-refractivity contribution < 1.29 is 10.0 Å². The Labute approximate surface area is 737 Å². The van der Waals surface area contributed by atoms with Crippen LogP contribution in [0.5, 0.6) is 0 Å². The molecule has 6 aliphatic heterocycles. The minimum Gasteiger partial charge on any atom is -0.423 e. The van der Waals surface area contributed by atoms with Gasteiger partial charge in [-0.05, 0) is 157 Å². The van der Waals surface area contributed by atoms with Gasteiger partial charge >= 0.3 is 13.2 Å². The number of hydrogen-bond donors (Lipinski definition) is 2. The third kappa shape index (κ3) is 11.3. The van der Waals surface area contributed by atoms with Gasteiger partial charge in [0.05, 0.1) is 27.4 Å². The first-order valence-electron chi connectivity index (χ1n) is 42.3. The molecule has 12 heteroatoms. The Morgan fingerprint density at radius 2 is 0.496 bits per heavy atom. The second-order valence-electron chi connectivity index (χ2n) is 32.9. The molecule has 592 valence electrons. The summed E-state index contributed by atoms with van der Waals surface area (Å²) in [7, 11) is -1.50. The molecular weight excluding hydrogens is 1530 g/mol. The molecule has 125 heavy (non-hydrogen) atoms. The van der Waals surface area contributed by atoms with E-state index in [1.54, 1.807) is 6.07 Å². The fourth-order valence-corrected chi connectivity index (χ4v) is 23.0. The number of nitrogens with zero attached hydrogens (tertiary/aromatic N) is 4. The smallest absolute Gasteiger partial charge is 0.423 e. The van der Waals surface area contributed by atoms with E-state index in [2.05, 4.69) is 395 Å². The van der Waals surface area contributed by atoms with Gasteiger partial charge in [-0.2, -0.15) is 11.5 Å². The number of anilines is 6. The van der Waals surface area contributed by atoms with E-state index in [-0.39, 0.29) is 48.5 Å². The molecular formula is C113H86B5ClN4O2. The number of hydrogen-bond acceptors (Lipinski definition) is 4. The largest absolute Gasteiger partial charge is 0.490 e. The molecule has 8 heterocycles. The summed E-state index contributed by atoms with van der Waals surface area (Å²) in [5.41, 5.74) is 38.6. The molecule has 0 unspecified atom stereocenters. The lowest BCUT2D eigenvalue weighted by atomic mass is 9.25. The first-order chi connectivity index (χ1) is 60.4. The third-order valence-corrected chi connectivity index (χ3v) is 27.6. The molecule has 0 bridgehead atoms. The summed E-state index contributed by atoms with van der Waals surface area (Å²) in [6.07, 6.45) is -0.195. The van der Waals surface area contributed by atoms with Crippen molar-refractivity contribution in [3.05, 3.63) is 481 Å². The van der Waals surface area contributed by atoms with E-state index < -0.39 is 17.9 Å². The van der Waals surface area contributed by atoms with Crippen molar-refractivity contribution in [3.8, 4) is 11.4 Å². The number of fused-ring (bicyclic) bond motifs is 26. The number of para-hydroxylation sites is 10. The van der Waals surface area contributed by atoms with Crippen molar-refractivity contribution >= 4 is 188 Å². The highest BCUT2D eigenvalue weighted by atomic mass is 35.5. The predicted octanol–water partition coefficient (Wildman–Crippen LogP) is 18.3. The van der Waals surface area contributed by atoms with Crippen molar-refractivity contribution in [1.29, 1.82) is 0 Å². The number of halogens is 1. The molecule has 0 amide bonds. The quantitative estimate of drug-likeness (QED) is 0.163. The van der Waals surface area contributed by atoms with Crippen LogP contribution in [0.4, 0.5) is 34.1 Å². The van der Waals surface area contributed by atoms with Gasteiger partial charge in [-0.15, -0.1) is 0 Å². The summed E-state index contributed by atoms with van der Waals surface area (Å²) in [6.45, 7) is 0.216. The molecule has 20 aromatic rings. The Balaban J connectivity index is 0.000000125. The van der Waals surface area contributed by atoms with Crippen molar-refractivity contribution in [2.24, 2.45) is 0 Å². The van der Waals surface area contributed by atoms with Gasteiger partial charge in [0.15, 0.2) is 0 Å². The average molecular weight is 1620 g/mol. The summed E-state index contributed by atoms with van der Waals surface area (Å²) < 4.78 is 4.58. The van der Waals surface area contributed by atoms with Crippen LogP contribution < -0.4 is 75.4 Å². The number of benzene rings is 18. The maximum atomic E-state index is 9.76. The zero-order valence-electron chi connectivity index (χ0n) is 66.5. The monoisotopic (exact) mass is 1620 g/mol. The Morgan fingerprint density at radius 1 is 0.224 bits per heavy atom. The Hall–Kier alpha value is -14.3. The van der Waals surface area contributed by atoms with Crippen LogP contribution in [-0.2, 0) is 10.8 Å². The summed E-state index contributed by atoms with van der Waals surface area (Å²) in [4.78, 5) is 4.95. The summed E-state index contributed by atoms with van der Waals surface area (Å²) in [5, 5.41) is 24.2. The van der Waals surface area contributed by atoms with Crippen LogP contribution in [0.3, 0.4) is 0 Å². The fourth-order valence-electron chi connectivity index (χ4n) is 22.7. The van der Waals surface area contributed by atoms with E-state index in [1.807, 2.05) is 54.6 Å². The van der Waals surface area contributed by atoms with Crippen LogP contribution in [0.25, 0.3) is 55.0 Å². The standard InChI is InChI=1S/C55H36B2N2.C37H24B2ClN.C18H14BNO2.3CH4/c1-3-19-37(20-4-1)58-51-35-16-14-32-48(51)57-47-31-13-10-27-43(47)55(44-28-18-36-52(58)53(44)57)41-25-8-11-29-45(41)56(46-30-12-9-26-42(46)55)49-33-17-24-40-39-23-7-15-34-50(39)59(54(40)49)38-21-5-2-6-22-38;40-39-31-20-8-5-16-27(31)37(28-17-6-9-21-32(28)39)26-15-4-7-19-30(26)38-33-22-10-11-23-34(33)41(25-13-2-1-3-14-25)35-24-12-18-29(37)36(35)38;21-19(22)16-11-6-10-15-14-9-4-5-12-17(14)20(18(15)16)13-7-2-1-3-8-13;;;/h1-36H;1-24H;1-12,21-22H;3*1H4. The highest BCUT2D eigenvalue weighted by Crippen LogP contribution is 2.53. The molecule has 2 spiro atoms.